The molecule has 1 N–H and O–H groups in total. The fraction of sp³-hybridized carbons (Fsp3) is 0.0526. The summed E-state index contributed by atoms with van der Waals surface area (Å²) in [5.74, 6) is -1.45. The van der Waals surface area contributed by atoms with Crippen molar-refractivity contribution < 1.29 is 17.6 Å². The molecule has 144 valence electrons. The second kappa shape index (κ2) is 8.77. The maximum absolute atomic E-state index is 14.3. The Hall–Kier alpha value is -3.04. The Labute approximate surface area is 166 Å². The van der Waals surface area contributed by atoms with E-state index in [-0.39, 0.29) is 10.6 Å². The lowest BCUT2D eigenvalue weighted by molar-refractivity contribution is -0.119. The van der Waals surface area contributed by atoms with Crippen molar-refractivity contribution in [2.24, 2.45) is 5.10 Å². The molecule has 1 aromatic heterocycles. The Morgan fingerprint density at radius 1 is 1.07 bits per heavy atom. The second-order valence-electron chi connectivity index (χ2n) is 5.58. The van der Waals surface area contributed by atoms with Gasteiger partial charge < -0.3 is 0 Å². The first kappa shape index (κ1) is 19.7. The summed E-state index contributed by atoms with van der Waals surface area (Å²) in [6.07, 6.45) is 1.45. The number of hydrazone groups is 1. The molecule has 1 heterocycles. The van der Waals surface area contributed by atoms with Crippen LogP contribution in [0.15, 0.2) is 82.1 Å². The van der Waals surface area contributed by atoms with Gasteiger partial charge in [0.1, 0.15) is 12.4 Å². The van der Waals surface area contributed by atoms with Crippen molar-refractivity contribution in [3.05, 3.63) is 82.8 Å². The van der Waals surface area contributed by atoms with Crippen molar-refractivity contribution in [1.29, 1.82) is 0 Å². The van der Waals surface area contributed by atoms with E-state index >= 15 is 0 Å². The molecule has 6 nitrogen and oxygen atoms in total. The number of amides is 1. The third-order valence-corrected chi connectivity index (χ3v) is 6.24. The zero-order valence-corrected chi connectivity index (χ0v) is 16.2. The van der Waals surface area contributed by atoms with Crippen LogP contribution in [0.25, 0.3) is 0 Å². The predicted molar refractivity (Wildman–Crippen MR) is 107 cm³/mol. The molecule has 0 saturated carbocycles. The number of sulfonamides is 1. The average Bonchev–Trinajstić information content (AvgIpc) is 3.21. The molecule has 0 unspecified atom stereocenters. The van der Waals surface area contributed by atoms with Crippen LogP contribution in [0.2, 0.25) is 0 Å². The normalized spacial score (nSPS) is 11.5. The van der Waals surface area contributed by atoms with Crippen LogP contribution in [0.5, 0.6) is 0 Å². The fourth-order valence-electron chi connectivity index (χ4n) is 2.37. The molecule has 1 amide bonds. The molecule has 0 aliphatic rings. The van der Waals surface area contributed by atoms with Crippen LogP contribution in [0.4, 0.5) is 10.1 Å². The summed E-state index contributed by atoms with van der Waals surface area (Å²) < 4.78 is 41.1. The van der Waals surface area contributed by atoms with Gasteiger partial charge in [0.05, 0.1) is 16.8 Å². The maximum Gasteiger partial charge on any atom is 0.264 e. The Morgan fingerprint density at radius 3 is 2.46 bits per heavy atom. The van der Waals surface area contributed by atoms with Gasteiger partial charge in [-0.05, 0) is 35.7 Å². The lowest BCUT2D eigenvalue weighted by Gasteiger charge is -2.24. The van der Waals surface area contributed by atoms with Gasteiger partial charge in [0.25, 0.3) is 15.9 Å². The van der Waals surface area contributed by atoms with Gasteiger partial charge in [-0.25, -0.2) is 18.2 Å². The Bertz CT molecular complexity index is 1070. The van der Waals surface area contributed by atoms with E-state index in [1.165, 1.54) is 47.9 Å². The van der Waals surface area contributed by atoms with E-state index in [2.05, 4.69) is 10.5 Å². The third-order valence-electron chi connectivity index (χ3n) is 3.66. The second-order valence-corrected chi connectivity index (χ2v) is 8.43. The van der Waals surface area contributed by atoms with Gasteiger partial charge in [-0.15, -0.1) is 11.3 Å². The summed E-state index contributed by atoms with van der Waals surface area (Å²) in [5, 5.41) is 5.67. The minimum atomic E-state index is -4.16. The van der Waals surface area contributed by atoms with Crippen LogP contribution < -0.4 is 9.73 Å². The maximum atomic E-state index is 14.3. The van der Waals surface area contributed by atoms with Gasteiger partial charge in [0.15, 0.2) is 0 Å². The van der Waals surface area contributed by atoms with E-state index in [1.807, 2.05) is 17.5 Å². The Balaban J connectivity index is 1.87. The number of rotatable bonds is 7. The van der Waals surface area contributed by atoms with Gasteiger partial charge in [-0.2, -0.15) is 5.10 Å². The molecule has 0 aliphatic heterocycles. The molecule has 0 fully saturated rings. The molecule has 9 heteroatoms. The molecule has 0 radical (unpaired) electrons. The molecule has 0 aliphatic carbocycles. The van der Waals surface area contributed by atoms with E-state index in [0.717, 1.165) is 15.2 Å². The smallest absolute Gasteiger partial charge is 0.264 e. The zero-order chi connectivity index (χ0) is 20.0. The van der Waals surface area contributed by atoms with E-state index in [0.29, 0.717) is 0 Å². The Morgan fingerprint density at radius 2 is 1.79 bits per heavy atom. The van der Waals surface area contributed by atoms with Gasteiger partial charge in [-0.1, -0.05) is 36.4 Å². The molecule has 0 bridgehead atoms. The summed E-state index contributed by atoms with van der Waals surface area (Å²) in [4.78, 5) is 13.1. The molecular formula is C19H16FN3O3S2. The molecular weight excluding hydrogens is 401 g/mol. The lowest BCUT2D eigenvalue weighted by Crippen LogP contribution is -2.40. The van der Waals surface area contributed by atoms with Crippen LogP contribution in [0.3, 0.4) is 0 Å². The summed E-state index contributed by atoms with van der Waals surface area (Å²) in [5.41, 5.74) is 2.05. The number of carbonyl (C=O) groups excluding carboxylic acids is 1. The number of hydrogen-bond donors (Lipinski definition) is 1. The van der Waals surface area contributed by atoms with Gasteiger partial charge in [-0.3, -0.25) is 9.10 Å². The highest BCUT2D eigenvalue weighted by molar-refractivity contribution is 7.92. The van der Waals surface area contributed by atoms with Crippen molar-refractivity contribution in [1.82, 2.24) is 5.43 Å². The fourth-order valence-corrected chi connectivity index (χ4v) is 4.41. The predicted octanol–water partition coefficient (Wildman–Crippen LogP) is 3.23. The van der Waals surface area contributed by atoms with E-state index in [1.54, 1.807) is 18.2 Å². The van der Waals surface area contributed by atoms with E-state index in [9.17, 15) is 17.6 Å². The van der Waals surface area contributed by atoms with Crippen molar-refractivity contribution in [3.8, 4) is 0 Å². The first-order valence-corrected chi connectivity index (χ1v) is 10.5. The minimum Gasteiger partial charge on any atom is -0.271 e. The highest BCUT2D eigenvalue weighted by Gasteiger charge is 2.28. The quantitative estimate of drug-likeness (QED) is 0.474. The number of carbonyl (C=O) groups is 1. The number of nitrogens with one attached hydrogen (secondary N) is 1. The van der Waals surface area contributed by atoms with Crippen molar-refractivity contribution in [3.63, 3.8) is 0 Å². The first-order chi connectivity index (χ1) is 13.5. The SMILES string of the molecule is O=C(CN(c1ccccc1F)S(=O)(=O)c1ccccc1)N/N=C\c1cccs1. The molecule has 28 heavy (non-hydrogen) atoms. The Kier molecular flexibility index (Phi) is 6.17. The number of hydrogen-bond acceptors (Lipinski definition) is 5. The zero-order valence-electron chi connectivity index (χ0n) is 14.5. The summed E-state index contributed by atoms with van der Waals surface area (Å²) in [6.45, 7) is -0.625. The highest BCUT2D eigenvalue weighted by atomic mass is 32.2. The number of anilines is 1. The summed E-state index contributed by atoms with van der Waals surface area (Å²) in [6, 6.07) is 16.6. The lowest BCUT2D eigenvalue weighted by atomic mass is 10.3. The van der Waals surface area contributed by atoms with Gasteiger partial charge in [0, 0.05) is 4.88 Å². The molecule has 0 spiro atoms. The van der Waals surface area contributed by atoms with Gasteiger partial charge >= 0.3 is 0 Å². The number of para-hydroxylation sites is 1. The monoisotopic (exact) mass is 417 g/mol. The average molecular weight is 417 g/mol. The van der Waals surface area contributed by atoms with Crippen LogP contribution in [0, 0.1) is 5.82 Å². The highest BCUT2D eigenvalue weighted by Crippen LogP contribution is 2.25. The minimum absolute atomic E-state index is 0.0480. The van der Waals surface area contributed by atoms with E-state index in [4.69, 9.17) is 0 Å². The topological polar surface area (TPSA) is 78.8 Å². The van der Waals surface area contributed by atoms with Crippen molar-refractivity contribution >= 4 is 39.2 Å². The number of halogens is 1. The number of benzene rings is 2. The third kappa shape index (κ3) is 4.62. The van der Waals surface area contributed by atoms with Crippen LogP contribution in [-0.2, 0) is 14.8 Å². The molecule has 2 aromatic carbocycles. The van der Waals surface area contributed by atoms with Gasteiger partial charge in [0.2, 0.25) is 0 Å². The van der Waals surface area contributed by atoms with Crippen LogP contribution in [-0.4, -0.2) is 27.1 Å². The van der Waals surface area contributed by atoms with E-state index < -0.39 is 28.3 Å². The number of thiophene rings is 1. The first-order valence-electron chi connectivity index (χ1n) is 8.16. The van der Waals surface area contributed by atoms with Crippen LogP contribution in [0.1, 0.15) is 4.88 Å². The molecule has 3 rings (SSSR count). The largest absolute Gasteiger partial charge is 0.271 e. The summed E-state index contributed by atoms with van der Waals surface area (Å²) in [7, 11) is -4.16. The molecule has 0 saturated heterocycles. The molecule has 0 atom stereocenters. The molecule has 3 aromatic rings. The van der Waals surface area contributed by atoms with Crippen molar-refractivity contribution in [2.45, 2.75) is 4.90 Å². The standard InChI is InChI=1S/C19H16FN3O3S2/c20-17-10-4-5-11-18(17)23(28(25,26)16-8-2-1-3-9-16)14-19(24)22-21-13-15-7-6-12-27-15/h1-13H,14H2,(H,22,24)/b21-13-. The summed E-state index contributed by atoms with van der Waals surface area (Å²) >= 11 is 1.43. The van der Waals surface area contributed by atoms with Crippen LogP contribution >= 0.6 is 11.3 Å². The number of nitrogens with zero attached hydrogens (tertiary/aromatic N) is 2. The van der Waals surface area contributed by atoms with Crippen molar-refractivity contribution in [2.75, 3.05) is 10.8 Å².